The predicted molar refractivity (Wildman–Crippen MR) is 112 cm³/mol. The van der Waals surface area contributed by atoms with Gasteiger partial charge in [-0.3, -0.25) is 0 Å². The number of rotatable bonds is 7. The molecule has 28 heavy (non-hydrogen) atoms. The normalized spacial score (nSPS) is 11.0. The van der Waals surface area contributed by atoms with Crippen molar-refractivity contribution in [3.05, 3.63) is 58.4 Å². The topological polar surface area (TPSA) is 64.4 Å². The first kappa shape index (κ1) is 19.5. The van der Waals surface area contributed by atoms with Crippen molar-refractivity contribution in [2.45, 2.75) is 6.92 Å². The third-order valence-corrected chi connectivity index (χ3v) is 4.93. The fourth-order valence-electron chi connectivity index (χ4n) is 2.65. The minimum absolute atomic E-state index is 0.477. The van der Waals surface area contributed by atoms with E-state index < -0.39 is 0 Å². The van der Waals surface area contributed by atoms with E-state index in [9.17, 15) is 5.26 Å². The van der Waals surface area contributed by atoms with Gasteiger partial charge in [0.25, 0.3) is 0 Å². The summed E-state index contributed by atoms with van der Waals surface area (Å²) >= 11 is 1.43. The van der Waals surface area contributed by atoms with E-state index in [2.05, 4.69) is 11.1 Å². The fraction of sp³-hybridized carbons (Fsp3) is 0.182. The fourth-order valence-corrected chi connectivity index (χ4v) is 3.45. The second kappa shape index (κ2) is 9.07. The maximum absolute atomic E-state index is 9.65. The first-order valence-electron chi connectivity index (χ1n) is 8.71. The molecule has 0 N–H and O–H groups in total. The first-order chi connectivity index (χ1) is 13.7. The Kier molecular flexibility index (Phi) is 6.30. The summed E-state index contributed by atoms with van der Waals surface area (Å²) in [5.41, 5.74) is 3.07. The molecule has 0 aliphatic rings. The molecule has 142 valence electrons. The van der Waals surface area contributed by atoms with E-state index in [0.29, 0.717) is 28.7 Å². The third-order valence-electron chi connectivity index (χ3n) is 4.06. The van der Waals surface area contributed by atoms with Crippen molar-refractivity contribution in [3.63, 3.8) is 0 Å². The summed E-state index contributed by atoms with van der Waals surface area (Å²) in [4.78, 5) is 4.63. The molecule has 0 bridgehead atoms. The summed E-state index contributed by atoms with van der Waals surface area (Å²) in [6.45, 7) is 2.58. The Labute approximate surface area is 168 Å². The molecule has 3 aromatic rings. The molecule has 0 atom stereocenters. The molecule has 0 fully saturated rings. The van der Waals surface area contributed by atoms with E-state index in [1.165, 1.54) is 11.3 Å². The van der Waals surface area contributed by atoms with E-state index in [-0.39, 0.29) is 0 Å². The van der Waals surface area contributed by atoms with Crippen molar-refractivity contribution in [1.29, 1.82) is 5.26 Å². The zero-order valence-electron chi connectivity index (χ0n) is 15.9. The molecule has 5 nitrogen and oxygen atoms in total. The van der Waals surface area contributed by atoms with Crippen LogP contribution >= 0.6 is 11.3 Å². The van der Waals surface area contributed by atoms with Gasteiger partial charge in [-0.2, -0.15) is 5.26 Å². The monoisotopic (exact) mass is 392 g/mol. The molecule has 0 radical (unpaired) electrons. The van der Waals surface area contributed by atoms with E-state index in [0.717, 1.165) is 22.6 Å². The second-order valence-corrected chi connectivity index (χ2v) is 6.63. The lowest BCUT2D eigenvalue weighted by atomic mass is 10.1. The van der Waals surface area contributed by atoms with Crippen LogP contribution in [0.1, 0.15) is 17.5 Å². The van der Waals surface area contributed by atoms with Crippen LogP contribution in [0.4, 0.5) is 0 Å². The highest BCUT2D eigenvalue weighted by molar-refractivity contribution is 7.11. The largest absolute Gasteiger partial charge is 0.497 e. The summed E-state index contributed by atoms with van der Waals surface area (Å²) in [6, 6.07) is 15.5. The standard InChI is InChI=1S/C22H20N2O3S/c1-4-27-18-8-5-15(6-9-18)20-14-28-22(24-20)17(13-23)11-16-7-10-19(25-2)12-21(16)26-3/h5-12,14H,4H2,1-3H3/b17-11+. The number of ether oxygens (including phenoxy) is 3. The molecule has 0 aliphatic carbocycles. The zero-order valence-corrected chi connectivity index (χ0v) is 16.7. The predicted octanol–water partition coefficient (Wildman–Crippen LogP) is 5.29. The molecule has 0 saturated carbocycles. The average molecular weight is 392 g/mol. The summed E-state index contributed by atoms with van der Waals surface area (Å²) < 4.78 is 16.1. The molecule has 6 heteroatoms. The molecular formula is C22H20N2O3S. The number of benzene rings is 2. The van der Waals surface area contributed by atoms with Gasteiger partial charge in [-0.1, -0.05) is 0 Å². The van der Waals surface area contributed by atoms with Crippen molar-refractivity contribution >= 4 is 23.0 Å². The summed E-state index contributed by atoms with van der Waals surface area (Å²) in [5.74, 6) is 2.15. The number of nitriles is 1. The number of hydrogen-bond donors (Lipinski definition) is 0. The number of methoxy groups -OCH3 is 2. The van der Waals surface area contributed by atoms with Gasteiger partial charge < -0.3 is 14.2 Å². The number of nitrogens with zero attached hydrogens (tertiary/aromatic N) is 2. The smallest absolute Gasteiger partial charge is 0.134 e. The van der Waals surface area contributed by atoms with Gasteiger partial charge in [-0.15, -0.1) is 11.3 Å². The maximum atomic E-state index is 9.65. The molecule has 0 amide bonds. The van der Waals surface area contributed by atoms with E-state index in [4.69, 9.17) is 14.2 Å². The summed E-state index contributed by atoms with van der Waals surface area (Å²) in [7, 11) is 3.19. The van der Waals surface area contributed by atoms with Gasteiger partial charge in [-0.25, -0.2) is 4.98 Å². The van der Waals surface area contributed by atoms with Crippen LogP contribution in [0.2, 0.25) is 0 Å². The average Bonchev–Trinajstić information content (AvgIpc) is 3.22. The minimum atomic E-state index is 0.477. The number of thiazole rings is 1. The number of allylic oxidation sites excluding steroid dienone is 1. The quantitative estimate of drug-likeness (QED) is 0.511. The van der Waals surface area contributed by atoms with Crippen LogP contribution in [0, 0.1) is 11.3 Å². The molecular weight excluding hydrogens is 372 g/mol. The van der Waals surface area contributed by atoms with Gasteiger partial charge in [0.15, 0.2) is 0 Å². The summed E-state index contributed by atoms with van der Waals surface area (Å²) in [5, 5.41) is 12.2. The molecule has 1 aromatic heterocycles. The van der Waals surface area contributed by atoms with Gasteiger partial charge in [0.05, 0.1) is 32.1 Å². The lowest BCUT2D eigenvalue weighted by Crippen LogP contribution is -1.91. The van der Waals surface area contributed by atoms with Gasteiger partial charge in [-0.05, 0) is 49.4 Å². The van der Waals surface area contributed by atoms with Gasteiger partial charge in [0.2, 0.25) is 0 Å². The van der Waals surface area contributed by atoms with E-state index in [1.54, 1.807) is 26.4 Å². The number of aromatic nitrogens is 1. The van der Waals surface area contributed by atoms with Crippen LogP contribution in [0.15, 0.2) is 47.8 Å². The Morgan fingerprint density at radius 1 is 1.11 bits per heavy atom. The molecule has 0 spiro atoms. The Balaban J connectivity index is 1.90. The molecule has 0 aliphatic heterocycles. The lowest BCUT2D eigenvalue weighted by Gasteiger charge is -2.07. The van der Waals surface area contributed by atoms with Crippen molar-refractivity contribution in [1.82, 2.24) is 4.98 Å². The van der Waals surface area contributed by atoms with Gasteiger partial charge >= 0.3 is 0 Å². The Morgan fingerprint density at radius 2 is 1.86 bits per heavy atom. The van der Waals surface area contributed by atoms with Crippen LogP contribution in [-0.4, -0.2) is 25.8 Å². The second-order valence-electron chi connectivity index (χ2n) is 5.77. The van der Waals surface area contributed by atoms with Crippen LogP contribution in [0.3, 0.4) is 0 Å². The highest BCUT2D eigenvalue weighted by atomic mass is 32.1. The van der Waals surface area contributed by atoms with Gasteiger partial charge in [0, 0.05) is 22.6 Å². The van der Waals surface area contributed by atoms with E-state index >= 15 is 0 Å². The summed E-state index contributed by atoms with van der Waals surface area (Å²) in [6.07, 6.45) is 1.78. The Bertz CT molecular complexity index is 1020. The highest BCUT2D eigenvalue weighted by Gasteiger charge is 2.11. The number of hydrogen-bond acceptors (Lipinski definition) is 6. The molecule has 1 heterocycles. The Hall–Kier alpha value is -3.30. The molecule has 2 aromatic carbocycles. The zero-order chi connectivity index (χ0) is 19.9. The van der Waals surface area contributed by atoms with Crippen LogP contribution in [0.25, 0.3) is 22.9 Å². The van der Waals surface area contributed by atoms with Gasteiger partial charge in [0.1, 0.15) is 28.3 Å². The molecule has 0 unspecified atom stereocenters. The minimum Gasteiger partial charge on any atom is -0.497 e. The molecule has 0 saturated heterocycles. The van der Waals surface area contributed by atoms with Crippen molar-refractivity contribution in [2.75, 3.05) is 20.8 Å². The van der Waals surface area contributed by atoms with Crippen molar-refractivity contribution < 1.29 is 14.2 Å². The first-order valence-corrected chi connectivity index (χ1v) is 9.59. The van der Waals surface area contributed by atoms with Crippen LogP contribution in [-0.2, 0) is 0 Å². The maximum Gasteiger partial charge on any atom is 0.134 e. The third kappa shape index (κ3) is 4.33. The lowest BCUT2D eigenvalue weighted by molar-refractivity contribution is 0.340. The highest BCUT2D eigenvalue weighted by Crippen LogP contribution is 2.31. The van der Waals surface area contributed by atoms with Crippen LogP contribution in [0.5, 0.6) is 17.2 Å². The molecule has 3 rings (SSSR count). The van der Waals surface area contributed by atoms with Crippen molar-refractivity contribution in [2.24, 2.45) is 0 Å². The SMILES string of the molecule is CCOc1ccc(-c2csc(/C(C#N)=C/c3ccc(OC)cc3OC)n2)cc1. The van der Waals surface area contributed by atoms with E-state index in [1.807, 2.05) is 48.7 Å². The van der Waals surface area contributed by atoms with Crippen molar-refractivity contribution in [3.8, 4) is 34.6 Å². The van der Waals surface area contributed by atoms with Crippen LogP contribution < -0.4 is 14.2 Å². The Morgan fingerprint density at radius 3 is 2.50 bits per heavy atom.